The Labute approximate surface area is 201 Å². The van der Waals surface area contributed by atoms with Crippen LogP contribution < -0.4 is 5.32 Å². The lowest BCUT2D eigenvalue weighted by Gasteiger charge is -2.32. The lowest BCUT2D eigenvalue weighted by Crippen LogP contribution is -2.41. The summed E-state index contributed by atoms with van der Waals surface area (Å²) in [6.45, 7) is 9.51. The van der Waals surface area contributed by atoms with Crippen molar-refractivity contribution < 1.29 is 28.3 Å². The van der Waals surface area contributed by atoms with E-state index in [2.05, 4.69) is 5.32 Å². The van der Waals surface area contributed by atoms with Crippen molar-refractivity contribution in [3.8, 4) is 0 Å². The summed E-state index contributed by atoms with van der Waals surface area (Å²) in [5.74, 6) is 0. The van der Waals surface area contributed by atoms with Crippen molar-refractivity contribution in [1.82, 2.24) is 5.32 Å². The first-order chi connectivity index (χ1) is 16.2. The van der Waals surface area contributed by atoms with Gasteiger partial charge >= 0.3 is 13.2 Å². The molecule has 0 radical (unpaired) electrons. The van der Waals surface area contributed by atoms with Crippen LogP contribution in [0.3, 0.4) is 0 Å². The summed E-state index contributed by atoms with van der Waals surface area (Å²) in [5, 5.41) is 2.84. The Hall–Kier alpha value is -2.65. The largest absolute Gasteiger partial charge is 0.492 e. The normalized spacial score (nSPS) is 19.9. The van der Waals surface area contributed by atoms with Gasteiger partial charge in [0.05, 0.1) is 24.4 Å². The number of hydrogen-bond acceptors (Lipinski definition) is 6. The third kappa shape index (κ3) is 5.70. The van der Waals surface area contributed by atoms with E-state index in [1.54, 1.807) is 0 Å². The van der Waals surface area contributed by atoms with E-state index in [-0.39, 0.29) is 13.2 Å². The van der Waals surface area contributed by atoms with Crippen LogP contribution in [0.5, 0.6) is 0 Å². The molecule has 7 nitrogen and oxygen atoms in total. The van der Waals surface area contributed by atoms with Gasteiger partial charge in [-0.1, -0.05) is 60.7 Å². The molecular formula is C26H32BNO6. The topological polar surface area (TPSA) is 75.2 Å². The van der Waals surface area contributed by atoms with E-state index in [4.69, 9.17) is 23.5 Å². The molecule has 4 rings (SSSR count). The van der Waals surface area contributed by atoms with E-state index in [9.17, 15) is 4.79 Å². The van der Waals surface area contributed by atoms with Crippen molar-refractivity contribution in [2.75, 3.05) is 19.8 Å². The van der Waals surface area contributed by atoms with Crippen molar-refractivity contribution in [3.05, 3.63) is 76.8 Å². The molecule has 2 saturated heterocycles. The minimum absolute atomic E-state index is 0.196. The minimum atomic E-state index is -0.627. The number of carbonyl (C=O) groups excluding carboxylic acids is 1. The van der Waals surface area contributed by atoms with Gasteiger partial charge in [-0.2, -0.15) is 0 Å². The fourth-order valence-electron chi connectivity index (χ4n) is 3.74. The Morgan fingerprint density at radius 1 is 1.00 bits per heavy atom. The van der Waals surface area contributed by atoms with Gasteiger partial charge in [-0.3, -0.25) is 0 Å². The summed E-state index contributed by atoms with van der Waals surface area (Å²) in [6.07, 6.45) is 1.04. The number of ether oxygens (including phenoxy) is 3. The van der Waals surface area contributed by atoms with E-state index in [1.165, 1.54) is 0 Å². The molecule has 2 fully saturated rings. The highest BCUT2D eigenvalue weighted by atomic mass is 16.7. The molecule has 0 unspecified atom stereocenters. The lowest BCUT2D eigenvalue weighted by atomic mass is 9.76. The standard InChI is InChI=1S/C26H32BNO6/c1-25(2)26(3,4)34-27(33-25)21(17-28-24(29)32-18-19-10-6-5-7-11-19)16-20-12-8-9-13-22(20)23-30-14-15-31-23/h5-13,16,23H,14-15,17-18H2,1-4H3,(H,28,29). The number of alkyl carbamates (subject to hydrolysis) is 1. The quantitative estimate of drug-likeness (QED) is 0.599. The Bertz CT molecular complexity index is 1000. The molecule has 2 heterocycles. The highest BCUT2D eigenvalue weighted by molar-refractivity contribution is 6.56. The van der Waals surface area contributed by atoms with Gasteiger partial charge in [-0.25, -0.2) is 4.79 Å². The maximum Gasteiger partial charge on any atom is 0.492 e. The van der Waals surface area contributed by atoms with Gasteiger partial charge in [0, 0.05) is 12.1 Å². The summed E-state index contributed by atoms with van der Waals surface area (Å²) in [7, 11) is -0.627. The van der Waals surface area contributed by atoms with Crippen molar-refractivity contribution in [2.24, 2.45) is 0 Å². The smallest absolute Gasteiger partial charge is 0.445 e. The molecule has 2 aromatic carbocycles. The first-order valence-electron chi connectivity index (χ1n) is 11.6. The van der Waals surface area contributed by atoms with Gasteiger partial charge in [0.25, 0.3) is 0 Å². The second-order valence-electron chi connectivity index (χ2n) is 9.43. The maximum atomic E-state index is 12.4. The van der Waals surface area contributed by atoms with Gasteiger partial charge in [-0.05, 0) is 44.3 Å². The van der Waals surface area contributed by atoms with E-state index in [0.29, 0.717) is 13.2 Å². The predicted molar refractivity (Wildman–Crippen MR) is 130 cm³/mol. The van der Waals surface area contributed by atoms with Gasteiger partial charge in [0.15, 0.2) is 6.29 Å². The van der Waals surface area contributed by atoms with Crippen LogP contribution in [0.2, 0.25) is 0 Å². The number of carbonyl (C=O) groups is 1. The van der Waals surface area contributed by atoms with Gasteiger partial charge in [0.2, 0.25) is 0 Å². The van der Waals surface area contributed by atoms with Crippen LogP contribution in [0.4, 0.5) is 4.79 Å². The first-order valence-corrected chi connectivity index (χ1v) is 11.6. The molecule has 0 aromatic heterocycles. The molecule has 1 amide bonds. The monoisotopic (exact) mass is 465 g/mol. The van der Waals surface area contributed by atoms with Crippen LogP contribution in [0.15, 0.2) is 60.1 Å². The lowest BCUT2D eigenvalue weighted by molar-refractivity contribution is -0.0442. The van der Waals surface area contributed by atoms with E-state index in [0.717, 1.165) is 22.2 Å². The van der Waals surface area contributed by atoms with Crippen LogP contribution in [-0.2, 0) is 30.1 Å². The number of nitrogens with one attached hydrogen (secondary N) is 1. The second kappa shape index (κ2) is 10.3. The summed E-state index contributed by atoms with van der Waals surface area (Å²) in [6, 6.07) is 17.4. The second-order valence-corrected chi connectivity index (χ2v) is 9.43. The zero-order valence-corrected chi connectivity index (χ0v) is 20.2. The average Bonchev–Trinajstić information content (AvgIpc) is 3.42. The van der Waals surface area contributed by atoms with Crippen LogP contribution >= 0.6 is 0 Å². The third-order valence-electron chi connectivity index (χ3n) is 6.42. The SMILES string of the molecule is CC1(C)OB(C(=Cc2ccccc2C2OCCO2)CNC(=O)OCc2ccccc2)OC1(C)C. The Kier molecular flexibility index (Phi) is 7.43. The van der Waals surface area contributed by atoms with E-state index in [1.807, 2.05) is 88.4 Å². The molecule has 0 aliphatic carbocycles. The number of benzene rings is 2. The molecule has 1 N–H and O–H groups in total. The van der Waals surface area contributed by atoms with Crippen molar-refractivity contribution in [3.63, 3.8) is 0 Å². The fraction of sp³-hybridized carbons (Fsp3) is 0.423. The van der Waals surface area contributed by atoms with E-state index < -0.39 is 30.7 Å². The summed E-state index contributed by atoms with van der Waals surface area (Å²) < 4.78 is 29.4. The fourth-order valence-corrected chi connectivity index (χ4v) is 3.74. The zero-order chi connectivity index (χ0) is 24.2. The number of hydrogen-bond donors (Lipinski definition) is 1. The molecular weight excluding hydrogens is 433 g/mol. The number of amides is 1. The van der Waals surface area contributed by atoms with Crippen LogP contribution in [0.1, 0.15) is 50.7 Å². The number of rotatable bonds is 7. The molecule has 2 aliphatic heterocycles. The van der Waals surface area contributed by atoms with Crippen molar-refractivity contribution >= 4 is 19.3 Å². The molecule has 2 aromatic rings. The third-order valence-corrected chi connectivity index (χ3v) is 6.42. The minimum Gasteiger partial charge on any atom is -0.445 e. The summed E-state index contributed by atoms with van der Waals surface area (Å²) in [4.78, 5) is 12.4. The zero-order valence-electron chi connectivity index (χ0n) is 20.2. The van der Waals surface area contributed by atoms with Crippen LogP contribution in [0.25, 0.3) is 6.08 Å². The molecule has 34 heavy (non-hydrogen) atoms. The first kappa shape index (κ1) is 24.5. The average molecular weight is 465 g/mol. The van der Waals surface area contributed by atoms with Gasteiger partial charge in [-0.15, -0.1) is 0 Å². The molecule has 0 atom stereocenters. The highest BCUT2D eigenvalue weighted by Gasteiger charge is 2.52. The molecule has 0 bridgehead atoms. The predicted octanol–water partition coefficient (Wildman–Crippen LogP) is 4.67. The van der Waals surface area contributed by atoms with Gasteiger partial charge in [0.1, 0.15) is 6.61 Å². The van der Waals surface area contributed by atoms with Crippen molar-refractivity contribution in [1.29, 1.82) is 0 Å². The summed E-state index contributed by atoms with van der Waals surface area (Å²) in [5.41, 5.74) is 2.49. The maximum absolute atomic E-state index is 12.4. The Morgan fingerprint density at radius 2 is 1.62 bits per heavy atom. The molecule has 2 aliphatic rings. The molecule has 0 spiro atoms. The molecule has 8 heteroatoms. The summed E-state index contributed by atoms with van der Waals surface area (Å²) >= 11 is 0. The highest BCUT2D eigenvalue weighted by Crippen LogP contribution is 2.39. The van der Waals surface area contributed by atoms with Gasteiger partial charge < -0.3 is 28.8 Å². The Morgan fingerprint density at radius 3 is 2.29 bits per heavy atom. The molecule has 0 saturated carbocycles. The van der Waals surface area contributed by atoms with Crippen LogP contribution in [0, 0.1) is 0 Å². The Balaban J connectivity index is 1.53. The molecule has 180 valence electrons. The van der Waals surface area contributed by atoms with E-state index >= 15 is 0 Å². The van der Waals surface area contributed by atoms with Crippen molar-refractivity contribution in [2.45, 2.75) is 51.8 Å². The van der Waals surface area contributed by atoms with Crippen LogP contribution in [-0.4, -0.2) is 44.2 Å².